The van der Waals surface area contributed by atoms with E-state index >= 15 is 0 Å². The lowest BCUT2D eigenvalue weighted by molar-refractivity contribution is 1.19. The first kappa shape index (κ1) is 12.7. The van der Waals surface area contributed by atoms with Crippen molar-refractivity contribution >= 4 is 33.7 Å². The van der Waals surface area contributed by atoms with Gasteiger partial charge in [0.05, 0.1) is 5.38 Å². The minimum Gasteiger partial charge on any atom is -0.143 e. The van der Waals surface area contributed by atoms with Crippen molar-refractivity contribution in [3.8, 4) is 0 Å². The van der Waals surface area contributed by atoms with E-state index in [9.17, 15) is 0 Å². The van der Waals surface area contributed by atoms with E-state index in [1.54, 1.807) is 0 Å². The smallest absolute Gasteiger partial charge is 0.0933 e. The van der Waals surface area contributed by atoms with Crippen molar-refractivity contribution in [1.29, 1.82) is 0 Å². The van der Waals surface area contributed by atoms with Crippen LogP contribution in [0.5, 0.6) is 0 Å². The second kappa shape index (κ2) is 5.36. The highest BCUT2D eigenvalue weighted by Crippen LogP contribution is 2.37. The largest absolute Gasteiger partial charge is 0.143 e. The van der Waals surface area contributed by atoms with Gasteiger partial charge in [-0.1, -0.05) is 49.4 Å². The minimum absolute atomic E-state index is 0.0589. The lowest BCUT2D eigenvalue weighted by Crippen LogP contribution is -1.91. The van der Waals surface area contributed by atoms with E-state index in [4.69, 9.17) is 11.6 Å². The van der Waals surface area contributed by atoms with Gasteiger partial charge < -0.3 is 0 Å². The number of aryl methyl sites for hydroxylation is 1. The fourth-order valence-electron chi connectivity index (χ4n) is 2.35. The third-order valence-corrected chi connectivity index (χ3v) is 5.27. The molecule has 1 atom stereocenters. The molecule has 0 spiro atoms. The van der Waals surface area contributed by atoms with E-state index in [0.29, 0.717) is 0 Å². The maximum absolute atomic E-state index is 6.69. The van der Waals surface area contributed by atoms with Crippen LogP contribution in [-0.2, 0) is 6.42 Å². The maximum Gasteiger partial charge on any atom is 0.0933 e. The number of hydrogen-bond acceptors (Lipinski definition) is 1. The molecule has 2 aromatic carbocycles. The van der Waals surface area contributed by atoms with E-state index in [1.165, 1.54) is 26.1 Å². The van der Waals surface area contributed by atoms with Gasteiger partial charge in [0.15, 0.2) is 0 Å². The van der Waals surface area contributed by atoms with Crippen LogP contribution in [0.15, 0.2) is 54.6 Å². The molecule has 0 saturated heterocycles. The van der Waals surface area contributed by atoms with E-state index in [-0.39, 0.29) is 5.38 Å². The zero-order valence-electron chi connectivity index (χ0n) is 10.8. The van der Waals surface area contributed by atoms with Crippen LogP contribution in [0.3, 0.4) is 0 Å². The van der Waals surface area contributed by atoms with Crippen LogP contribution in [-0.4, -0.2) is 0 Å². The van der Waals surface area contributed by atoms with Crippen molar-refractivity contribution in [1.82, 2.24) is 0 Å². The molecule has 19 heavy (non-hydrogen) atoms. The first-order chi connectivity index (χ1) is 9.29. The van der Waals surface area contributed by atoms with Crippen LogP contribution in [0.4, 0.5) is 0 Å². The summed E-state index contributed by atoms with van der Waals surface area (Å²) in [5.74, 6) is 0. The lowest BCUT2D eigenvalue weighted by atomic mass is 10.0. The molecular weight excluding hydrogens is 272 g/mol. The Hall–Kier alpha value is -1.31. The van der Waals surface area contributed by atoms with Gasteiger partial charge in [0, 0.05) is 9.75 Å². The van der Waals surface area contributed by atoms with Gasteiger partial charge >= 0.3 is 0 Å². The molecule has 0 saturated carbocycles. The molecule has 96 valence electrons. The number of hydrogen-bond donors (Lipinski definition) is 0. The molecule has 3 rings (SSSR count). The Morgan fingerprint density at radius 3 is 2.58 bits per heavy atom. The molecule has 0 aliphatic carbocycles. The van der Waals surface area contributed by atoms with Crippen molar-refractivity contribution in [2.24, 2.45) is 0 Å². The molecule has 2 heteroatoms. The van der Waals surface area contributed by atoms with E-state index in [1.807, 2.05) is 11.3 Å². The lowest BCUT2D eigenvalue weighted by Gasteiger charge is -2.11. The second-order valence-electron chi connectivity index (χ2n) is 4.59. The average molecular weight is 287 g/mol. The predicted molar refractivity (Wildman–Crippen MR) is 85.3 cm³/mol. The minimum atomic E-state index is -0.0589. The summed E-state index contributed by atoms with van der Waals surface area (Å²) < 4.78 is 0. The molecular formula is C17H15ClS. The summed E-state index contributed by atoms with van der Waals surface area (Å²) in [6.45, 7) is 2.18. The molecule has 0 aliphatic heterocycles. The number of rotatable bonds is 3. The number of thiophene rings is 1. The molecule has 0 amide bonds. The van der Waals surface area contributed by atoms with Crippen LogP contribution in [0.1, 0.15) is 27.6 Å². The van der Waals surface area contributed by atoms with Gasteiger partial charge in [0.2, 0.25) is 0 Å². The molecule has 0 bridgehead atoms. The summed E-state index contributed by atoms with van der Waals surface area (Å²) >= 11 is 8.50. The number of alkyl halides is 1. The number of halogens is 1. The monoisotopic (exact) mass is 286 g/mol. The van der Waals surface area contributed by atoms with Crippen LogP contribution in [0, 0.1) is 0 Å². The van der Waals surface area contributed by atoms with Gasteiger partial charge in [0.1, 0.15) is 0 Å². The first-order valence-corrected chi connectivity index (χ1v) is 7.75. The van der Waals surface area contributed by atoms with E-state index in [0.717, 1.165) is 6.42 Å². The van der Waals surface area contributed by atoms with Gasteiger partial charge in [-0.25, -0.2) is 0 Å². The zero-order valence-corrected chi connectivity index (χ0v) is 12.3. The highest BCUT2D eigenvalue weighted by atomic mass is 35.5. The SMILES string of the molecule is CCc1ccc(C(Cl)c2cccc3ccccc23)s1. The van der Waals surface area contributed by atoms with Crippen LogP contribution in [0.2, 0.25) is 0 Å². The maximum atomic E-state index is 6.69. The molecule has 0 fully saturated rings. The third kappa shape index (κ3) is 2.41. The Kier molecular flexibility index (Phi) is 3.58. The number of fused-ring (bicyclic) bond motifs is 1. The molecule has 0 aliphatic rings. The molecule has 0 radical (unpaired) electrons. The van der Waals surface area contributed by atoms with Crippen molar-refractivity contribution < 1.29 is 0 Å². The van der Waals surface area contributed by atoms with Gasteiger partial charge in [-0.05, 0) is 34.9 Å². The van der Waals surface area contributed by atoms with E-state index in [2.05, 4.69) is 61.5 Å². The summed E-state index contributed by atoms with van der Waals surface area (Å²) in [5.41, 5.74) is 1.20. The third-order valence-electron chi connectivity index (χ3n) is 3.38. The molecule has 1 unspecified atom stereocenters. The zero-order chi connectivity index (χ0) is 13.2. The summed E-state index contributed by atoms with van der Waals surface area (Å²) in [6.07, 6.45) is 1.07. The summed E-state index contributed by atoms with van der Waals surface area (Å²) in [7, 11) is 0. The van der Waals surface area contributed by atoms with E-state index < -0.39 is 0 Å². The van der Waals surface area contributed by atoms with Crippen molar-refractivity contribution in [3.05, 3.63) is 69.9 Å². The molecule has 0 nitrogen and oxygen atoms in total. The standard InChI is InChI=1S/C17H15ClS/c1-2-13-10-11-16(19-13)17(18)15-9-5-7-12-6-3-4-8-14(12)15/h3-11,17H,2H2,1H3. The van der Waals surface area contributed by atoms with Crippen molar-refractivity contribution in [2.75, 3.05) is 0 Å². The van der Waals surface area contributed by atoms with Crippen LogP contribution < -0.4 is 0 Å². The highest BCUT2D eigenvalue weighted by molar-refractivity contribution is 7.12. The van der Waals surface area contributed by atoms with Crippen molar-refractivity contribution in [3.63, 3.8) is 0 Å². The highest BCUT2D eigenvalue weighted by Gasteiger charge is 2.15. The fraction of sp³-hybridized carbons (Fsp3) is 0.176. The molecule has 0 N–H and O–H groups in total. The molecule has 3 aromatic rings. The van der Waals surface area contributed by atoms with Crippen molar-refractivity contribution in [2.45, 2.75) is 18.7 Å². The van der Waals surface area contributed by atoms with Gasteiger partial charge in [0.25, 0.3) is 0 Å². The Labute approximate surface area is 122 Å². The molecule has 1 aromatic heterocycles. The second-order valence-corrected chi connectivity index (χ2v) is 6.22. The summed E-state index contributed by atoms with van der Waals surface area (Å²) in [6, 6.07) is 19.1. The Bertz CT molecular complexity index is 694. The topological polar surface area (TPSA) is 0 Å². The van der Waals surface area contributed by atoms with Gasteiger partial charge in [-0.3, -0.25) is 0 Å². The first-order valence-electron chi connectivity index (χ1n) is 6.50. The number of benzene rings is 2. The fourth-order valence-corrected chi connectivity index (χ4v) is 3.69. The summed E-state index contributed by atoms with van der Waals surface area (Å²) in [4.78, 5) is 2.62. The predicted octanol–water partition coefficient (Wildman–Crippen LogP) is 5.79. The Morgan fingerprint density at radius 2 is 1.79 bits per heavy atom. The quantitative estimate of drug-likeness (QED) is 0.534. The Balaban J connectivity index is 2.08. The normalized spacial score (nSPS) is 12.7. The average Bonchev–Trinajstić information content (AvgIpc) is 2.95. The van der Waals surface area contributed by atoms with Gasteiger partial charge in [-0.15, -0.1) is 22.9 Å². The summed E-state index contributed by atoms with van der Waals surface area (Å²) in [5, 5.41) is 2.44. The molecule has 1 heterocycles. The van der Waals surface area contributed by atoms with Crippen LogP contribution in [0.25, 0.3) is 10.8 Å². The van der Waals surface area contributed by atoms with Crippen LogP contribution >= 0.6 is 22.9 Å². The van der Waals surface area contributed by atoms with Gasteiger partial charge in [-0.2, -0.15) is 0 Å². The Morgan fingerprint density at radius 1 is 1.00 bits per heavy atom.